The molecular weight excluding hydrogens is 312 g/mol. The molecule has 1 aliphatic rings. The summed E-state index contributed by atoms with van der Waals surface area (Å²) in [6.45, 7) is -2.24. The zero-order chi connectivity index (χ0) is 16.8. The van der Waals surface area contributed by atoms with Gasteiger partial charge >= 0.3 is 12.6 Å². The second-order valence-corrected chi connectivity index (χ2v) is 5.08. The Labute approximate surface area is 131 Å². The van der Waals surface area contributed by atoms with E-state index in [1.807, 2.05) is 0 Å². The highest BCUT2D eigenvalue weighted by Gasteiger charge is 2.29. The van der Waals surface area contributed by atoms with Gasteiger partial charge in [-0.1, -0.05) is 18.2 Å². The number of morpholine rings is 1. The molecule has 23 heavy (non-hydrogen) atoms. The molecule has 1 heterocycles. The Kier molecular flexibility index (Phi) is 5.86. The predicted octanol–water partition coefficient (Wildman–Crippen LogP) is 1.53. The number of hydrogen-bond acceptors (Lipinski definition) is 4. The lowest BCUT2D eigenvalue weighted by atomic mass is 10.1. The summed E-state index contributed by atoms with van der Waals surface area (Å²) in [5, 5.41) is 8.90. The fraction of sp³-hybridized carbons (Fsp3) is 0.467. The number of aliphatic carboxylic acids is 1. The van der Waals surface area contributed by atoms with Crippen LogP contribution in [-0.2, 0) is 20.7 Å². The highest BCUT2D eigenvalue weighted by atomic mass is 19.3. The monoisotopic (exact) mass is 329 g/mol. The summed E-state index contributed by atoms with van der Waals surface area (Å²) in [4.78, 5) is 24.7. The van der Waals surface area contributed by atoms with Crippen LogP contribution in [0.15, 0.2) is 24.3 Å². The zero-order valence-electron chi connectivity index (χ0n) is 12.3. The Balaban J connectivity index is 2.09. The summed E-state index contributed by atoms with van der Waals surface area (Å²) in [5.74, 6) is -1.43. The smallest absolute Gasteiger partial charge is 0.387 e. The summed E-state index contributed by atoms with van der Waals surface area (Å²) < 4.78 is 34.4. The summed E-state index contributed by atoms with van der Waals surface area (Å²) in [6.07, 6.45) is -0.361. The van der Waals surface area contributed by atoms with Crippen LogP contribution in [0.2, 0.25) is 0 Å². The molecule has 1 aromatic carbocycles. The van der Waals surface area contributed by atoms with Gasteiger partial charge < -0.3 is 19.5 Å². The number of hydrogen-bond donors (Lipinski definition) is 1. The Bertz CT molecular complexity index is 567. The Morgan fingerprint density at radius 1 is 1.39 bits per heavy atom. The topological polar surface area (TPSA) is 76.1 Å². The van der Waals surface area contributed by atoms with Crippen molar-refractivity contribution in [1.29, 1.82) is 0 Å². The Hall–Kier alpha value is -2.22. The van der Waals surface area contributed by atoms with Crippen molar-refractivity contribution in [3.05, 3.63) is 29.8 Å². The number of ether oxygens (including phenoxy) is 2. The molecule has 1 N–H and O–H groups in total. The number of rotatable bonds is 6. The lowest BCUT2D eigenvalue weighted by molar-refractivity contribution is -0.146. The molecule has 0 spiro atoms. The van der Waals surface area contributed by atoms with Crippen LogP contribution in [0.3, 0.4) is 0 Å². The number of carboxylic acid groups (broad SMARTS) is 1. The maximum absolute atomic E-state index is 12.4. The molecule has 1 unspecified atom stereocenters. The minimum atomic E-state index is -2.98. The lowest BCUT2D eigenvalue weighted by Crippen LogP contribution is -2.50. The predicted molar refractivity (Wildman–Crippen MR) is 75.4 cm³/mol. The fourth-order valence-electron chi connectivity index (χ4n) is 2.48. The molecule has 0 radical (unpaired) electrons. The number of carbonyl (C=O) groups excluding carboxylic acids is 1. The van der Waals surface area contributed by atoms with Gasteiger partial charge in [0, 0.05) is 12.1 Å². The zero-order valence-corrected chi connectivity index (χ0v) is 12.3. The first-order chi connectivity index (χ1) is 11.0. The number of alkyl halides is 2. The molecule has 2 rings (SSSR count). The minimum absolute atomic E-state index is 0.0566. The van der Waals surface area contributed by atoms with Gasteiger partial charge in [0.25, 0.3) is 0 Å². The van der Waals surface area contributed by atoms with Crippen LogP contribution in [0.5, 0.6) is 5.75 Å². The molecule has 0 bridgehead atoms. The van der Waals surface area contributed by atoms with E-state index in [0.29, 0.717) is 12.2 Å². The first-order valence-corrected chi connectivity index (χ1v) is 7.09. The fourth-order valence-corrected chi connectivity index (χ4v) is 2.48. The largest absolute Gasteiger partial charge is 0.481 e. The van der Waals surface area contributed by atoms with E-state index in [9.17, 15) is 18.4 Å². The second-order valence-electron chi connectivity index (χ2n) is 5.08. The number of halogens is 2. The van der Waals surface area contributed by atoms with Gasteiger partial charge in [-0.2, -0.15) is 8.78 Å². The number of nitrogens with zero attached hydrogens (tertiary/aromatic N) is 1. The van der Waals surface area contributed by atoms with Crippen molar-refractivity contribution in [3.63, 3.8) is 0 Å². The van der Waals surface area contributed by atoms with Gasteiger partial charge in [0.1, 0.15) is 5.75 Å². The third-order valence-corrected chi connectivity index (χ3v) is 3.49. The quantitative estimate of drug-likeness (QED) is 0.857. The second kappa shape index (κ2) is 7.87. The van der Waals surface area contributed by atoms with Crippen LogP contribution in [-0.4, -0.2) is 54.3 Å². The van der Waals surface area contributed by atoms with Crippen molar-refractivity contribution in [3.8, 4) is 5.75 Å². The number of carbonyl (C=O) groups is 2. The van der Waals surface area contributed by atoms with Crippen molar-refractivity contribution < 1.29 is 33.0 Å². The Morgan fingerprint density at radius 2 is 2.13 bits per heavy atom. The first kappa shape index (κ1) is 17.1. The van der Waals surface area contributed by atoms with Gasteiger partial charge in [-0.15, -0.1) is 0 Å². The van der Waals surface area contributed by atoms with Crippen molar-refractivity contribution in [2.45, 2.75) is 25.5 Å². The summed E-state index contributed by atoms with van der Waals surface area (Å²) in [7, 11) is 0. The normalized spacial score (nSPS) is 18.0. The maximum Gasteiger partial charge on any atom is 0.387 e. The SMILES string of the molecule is O=C(O)CC1COCCN1C(=O)Cc1ccccc1OC(F)F. The molecule has 1 aromatic rings. The molecule has 1 aliphatic heterocycles. The van der Waals surface area contributed by atoms with Crippen LogP contribution < -0.4 is 4.74 Å². The van der Waals surface area contributed by atoms with Gasteiger partial charge in [-0.3, -0.25) is 9.59 Å². The number of para-hydroxylation sites is 1. The highest BCUT2D eigenvalue weighted by Crippen LogP contribution is 2.22. The highest BCUT2D eigenvalue weighted by molar-refractivity contribution is 5.80. The van der Waals surface area contributed by atoms with Crippen molar-refractivity contribution in [2.75, 3.05) is 19.8 Å². The number of amides is 1. The van der Waals surface area contributed by atoms with Crippen LogP contribution in [0.25, 0.3) is 0 Å². The van der Waals surface area contributed by atoms with E-state index in [1.165, 1.54) is 23.1 Å². The van der Waals surface area contributed by atoms with Crippen LogP contribution in [0.1, 0.15) is 12.0 Å². The third-order valence-electron chi connectivity index (χ3n) is 3.49. The molecule has 1 saturated heterocycles. The van der Waals surface area contributed by atoms with Gasteiger partial charge in [-0.05, 0) is 6.07 Å². The summed E-state index contributed by atoms with van der Waals surface area (Å²) in [5.41, 5.74) is 0.332. The van der Waals surface area contributed by atoms with Crippen LogP contribution in [0.4, 0.5) is 8.78 Å². The number of benzene rings is 1. The average molecular weight is 329 g/mol. The van der Waals surface area contributed by atoms with Gasteiger partial charge in [-0.25, -0.2) is 0 Å². The summed E-state index contributed by atoms with van der Waals surface area (Å²) in [6, 6.07) is 5.49. The molecule has 0 saturated carbocycles. The van der Waals surface area contributed by atoms with E-state index in [0.717, 1.165) is 0 Å². The molecule has 1 amide bonds. The molecule has 0 aliphatic carbocycles. The molecule has 8 heteroatoms. The first-order valence-electron chi connectivity index (χ1n) is 7.09. The van der Waals surface area contributed by atoms with E-state index >= 15 is 0 Å². The maximum atomic E-state index is 12.4. The van der Waals surface area contributed by atoms with Crippen LogP contribution in [0, 0.1) is 0 Å². The standard InChI is InChI=1S/C15H17F2NO5/c16-15(17)23-12-4-2-1-3-10(12)7-13(19)18-5-6-22-9-11(18)8-14(20)21/h1-4,11,15H,5-9H2,(H,20,21). The molecule has 1 fully saturated rings. The van der Waals surface area contributed by atoms with Crippen LogP contribution >= 0.6 is 0 Å². The third kappa shape index (κ3) is 4.88. The van der Waals surface area contributed by atoms with E-state index in [1.54, 1.807) is 6.07 Å². The van der Waals surface area contributed by atoms with Gasteiger partial charge in [0.05, 0.1) is 32.1 Å². The Morgan fingerprint density at radius 3 is 2.83 bits per heavy atom. The number of carboxylic acids is 1. The van der Waals surface area contributed by atoms with E-state index in [-0.39, 0.29) is 37.6 Å². The molecule has 0 aromatic heterocycles. The van der Waals surface area contributed by atoms with Gasteiger partial charge in [0.2, 0.25) is 5.91 Å². The molecular formula is C15H17F2NO5. The molecule has 1 atom stereocenters. The van der Waals surface area contributed by atoms with Gasteiger partial charge in [0.15, 0.2) is 0 Å². The minimum Gasteiger partial charge on any atom is -0.481 e. The van der Waals surface area contributed by atoms with E-state index in [4.69, 9.17) is 9.84 Å². The molecule has 126 valence electrons. The van der Waals surface area contributed by atoms with Crippen molar-refractivity contribution >= 4 is 11.9 Å². The van der Waals surface area contributed by atoms with Crippen molar-refractivity contribution in [2.24, 2.45) is 0 Å². The average Bonchev–Trinajstić information content (AvgIpc) is 2.48. The summed E-state index contributed by atoms with van der Waals surface area (Å²) >= 11 is 0. The van der Waals surface area contributed by atoms with E-state index in [2.05, 4.69) is 4.74 Å². The van der Waals surface area contributed by atoms with E-state index < -0.39 is 18.6 Å². The molecule has 6 nitrogen and oxygen atoms in total. The van der Waals surface area contributed by atoms with Crippen molar-refractivity contribution in [1.82, 2.24) is 4.90 Å². The lowest BCUT2D eigenvalue weighted by Gasteiger charge is -2.35.